The molecule has 2 aliphatic heterocycles. The molecule has 23 heavy (non-hydrogen) atoms. The van der Waals surface area contributed by atoms with Gasteiger partial charge in [0.25, 0.3) is 0 Å². The van der Waals surface area contributed by atoms with E-state index in [-0.39, 0.29) is 0 Å². The number of aryl methyl sites for hydroxylation is 1. The summed E-state index contributed by atoms with van der Waals surface area (Å²) in [6, 6.07) is 8.79. The van der Waals surface area contributed by atoms with E-state index < -0.39 is 0 Å². The minimum Gasteiger partial charge on any atom is -0.369 e. The molecule has 2 aliphatic rings. The maximum atomic E-state index is 11.6. The number of anilines is 1. The van der Waals surface area contributed by atoms with Crippen molar-refractivity contribution in [1.29, 1.82) is 0 Å². The van der Waals surface area contributed by atoms with Gasteiger partial charge < -0.3 is 9.80 Å². The average molecular weight is 315 g/mol. The lowest BCUT2D eigenvalue weighted by Gasteiger charge is -2.37. The van der Waals surface area contributed by atoms with Gasteiger partial charge in [-0.1, -0.05) is 25.1 Å². The Bertz CT molecular complexity index is 523. The van der Waals surface area contributed by atoms with Gasteiger partial charge in [0.2, 0.25) is 5.91 Å². The lowest BCUT2D eigenvalue weighted by molar-refractivity contribution is -0.127. The van der Waals surface area contributed by atoms with Gasteiger partial charge in [-0.3, -0.25) is 9.69 Å². The largest absolute Gasteiger partial charge is 0.369 e. The molecular weight excluding hydrogens is 286 g/mol. The minimum atomic E-state index is 0.353. The van der Waals surface area contributed by atoms with E-state index >= 15 is 0 Å². The molecule has 0 saturated carbocycles. The Morgan fingerprint density at radius 3 is 2.48 bits per heavy atom. The lowest BCUT2D eigenvalue weighted by Crippen LogP contribution is -2.47. The normalized spacial score (nSPS) is 19.6. The molecule has 4 nitrogen and oxygen atoms in total. The summed E-state index contributed by atoms with van der Waals surface area (Å²) in [5.74, 6) is 0.353. The van der Waals surface area contributed by atoms with Crippen molar-refractivity contribution in [3.8, 4) is 0 Å². The van der Waals surface area contributed by atoms with Crippen molar-refractivity contribution in [3.05, 3.63) is 29.8 Å². The van der Waals surface area contributed by atoms with Crippen LogP contribution in [0.2, 0.25) is 0 Å². The first-order chi connectivity index (χ1) is 11.3. The second kappa shape index (κ2) is 7.82. The van der Waals surface area contributed by atoms with Gasteiger partial charge in [-0.25, -0.2) is 0 Å². The maximum absolute atomic E-state index is 11.6. The average Bonchev–Trinajstić information content (AvgIpc) is 3.01. The van der Waals surface area contributed by atoms with Crippen molar-refractivity contribution < 1.29 is 4.79 Å². The van der Waals surface area contributed by atoms with E-state index in [0.29, 0.717) is 5.91 Å². The molecule has 0 N–H and O–H groups in total. The first-order valence-corrected chi connectivity index (χ1v) is 9.11. The van der Waals surface area contributed by atoms with Crippen molar-refractivity contribution in [2.24, 2.45) is 0 Å². The zero-order valence-corrected chi connectivity index (χ0v) is 14.3. The number of rotatable bonds is 6. The number of carbonyl (C=O) groups excluding carboxylic acids is 1. The molecule has 1 aromatic carbocycles. The van der Waals surface area contributed by atoms with Gasteiger partial charge in [-0.05, 0) is 37.4 Å². The minimum absolute atomic E-state index is 0.353. The summed E-state index contributed by atoms with van der Waals surface area (Å²) in [6.45, 7) is 9.75. The number of hydrogen-bond acceptors (Lipinski definition) is 3. The van der Waals surface area contributed by atoms with Crippen LogP contribution in [0.5, 0.6) is 0 Å². The SMILES string of the molecule is CCc1ccccc1N1CCN(CCCN2CCCC2=O)CC1. The summed E-state index contributed by atoms with van der Waals surface area (Å²) in [6.07, 6.45) is 4.02. The molecule has 0 radical (unpaired) electrons. The Balaban J connectivity index is 1.42. The predicted octanol–water partition coefficient (Wildman–Crippen LogP) is 2.38. The third-order valence-electron chi connectivity index (χ3n) is 5.16. The highest BCUT2D eigenvalue weighted by Gasteiger charge is 2.21. The van der Waals surface area contributed by atoms with Gasteiger partial charge >= 0.3 is 0 Å². The maximum Gasteiger partial charge on any atom is 0.222 e. The second-order valence-electron chi connectivity index (χ2n) is 6.65. The number of nitrogens with zero attached hydrogens (tertiary/aromatic N) is 3. The van der Waals surface area contributed by atoms with Crippen molar-refractivity contribution in [2.45, 2.75) is 32.6 Å². The number of likely N-dealkylation sites (tertiary alicyclic amines) is 1. The molecule has 4 heteroatoms. The number of piperazine rings is 1. The van der Waals surface area contributed by atoms with Crippen LogP contribution in [-0.2, 0) is 11.2 Å². The number of para-hydroxylation sites is 1. The van der Waals surface area contributed by atoms with E-state index in [1.54, 1.807) is 0 Å². The van der Waals surface area contributed by atoms with Crippen molar-refractivity contribution in [1.82, 2.24) is 9.80 Å². The van der Waals surface area contributed by atoms with Gasteiger partial charge in [0.15, 0.2) is 0 Å². The smallest absolute Gasteiger partial charge is 0.222 e. The van der Waals surface area contributed by atoms with Crippen LogP contribution in [0.4, 0.5) is 5.69 Å². The predicted molar refractivity (Wildman–Crippen MR) is 94.9 cm³/mol. The molecule has 0 aromatic heterocycles. The van der Waals surface area contributed by atoms with Crippen LogP contribution in [0.1, 0.15) is 31.7 Å². The van der Waals surface area contributed by atoms with Gasteiger partial charge in [0.05, 0.1) is 0 Å². The third kappa shape index (κ3) is 4.05. The molecule has 1 aromatic rings. The van der Waals surface area contributed by atoms with E-state index in [2.05, 4.69) is 41.0 Å². The molecule has 2 fully saturated rings. The molecule has 3 rings (SSSR count). The van der Waals surface area contributed by atoms with Crippen molar-refractivity contribution in [2.75, 3.05) is 50.7 Å². The fraction of sp³-hybridized carbons (Fsp3) is 0.632. The first kappa shape index (κ1) is 16.3. The van der Waals surface area contributed by atoms with Crippen LogP contribution >= 0.6 is 0 Å². The molecule has 2 saturated heterocycles. The summed E-state index contributed by atoms with van der Waals surface area (Å²) in [7, 11) is 0. The van der Waals surface area contributed by atoms with E-state index in [9.17, 15) is 4.79 Å². The number of carbonyl (C=O) groups is 1. The third-order valence-corrected chi connectivity index (χ3v) is 5.16. The molecule has 0 bridgehead atoms. The first-order valence-electron chi connectivity index (χ1n) is 9.11. The Hall–Kier alpha value is -1.55. The summed E-state index contributed by atoms with van der Waals surface area (Å²) in [4.78, 5) is 18.7. The molecule has 0 atom stereocenters. The van der Waals surface area contributed by atoms with Crippen LogP contribution < -0.4 is 4.90 Å². The number of amides is 1. The van der Waals surface area contributed by atoms with E-state index in [4.69, 9.17) is 0 Å². The van der Waals surface area contributed by atoms with E-state index in [1.807, 2.05) is 4.90 Å². The zero-order valence-electron chi connectivity index (χ0n) is 14.3. The lowest BCUT2D eigenvalue weighted by atomic mass is 10.1. The number of hydrogen-bond donors (Lipinski definition) is 0. The van der Waals surface area contributed by atoms with Crippen LogP contribution in [-0.4, -0.2) is 61.5 Å². The van der Waals surface area contributed by atoms with Crippen molar-refractivity contribution >= 4 is 11.6 Å². The van der Waals surface area contributed by atoms with Gasteiger partial charge in [0.1, 0.15) is 0 Å². The Morgan fingerprint density at radius 1 is 1.00 bits per heavy atom. The Morgan fingerprint density at radius 2 is 1.78 bits per heavy atom. The molecular formula is C19H29N3O. The molecule has 0 spiro atoms. The van der Waals surface area contributed by atoms with Crippen LogP contribution in [0.15, 0.2) is 24.3 Å². The highest BCUT2D eigenvalue weighted by atomic mass is 16.2. The molecule has 0 unspecified atom stereocenters. The van der Waals surface area contributed by atoms with Gasteiger partial charge in [-0.2, -0.15) is 0 Å². The topological polar surface area (TPSA) is 26.8 Å². The Kier molecular flexibility index (Phi) is 5.55. The van der Waals surface area contributed by atoms with Gasteiger partial charge in [0, 0.05) is 51.4 Å². The molecule has 126 valence electrons. The summed E-state index contributed by atoms with van der Waals surface area (Å²) < 4.78 is 0. The van der Waals surface area contributed by atoms with Crippen LogP contribution in [0.25, 0.3) is 0 Å². The monoisotopic (exact) mass is 315 g/mol. The molecule has 1 amide bonds. The fourth-order valence-electron chi connectivity index (χ4n) is 3.76. The van der Waals surface area contributed by atoms with E-state index in [0.717, 1.165) is 71.5 Å². The van der Waals surface area contributed by atoms with Crippen LogP contribution in [0, 0.1) is 0 Å². The summed E-state index contributed by atoms with van der Waals surface area (Å²) in [5, 5.41) is 0. The van der Waals surface area contributed by atoms with Crippen molar-refractivity contribution in [3.63, 3.8) is 0 Å². The quantitative estimate of drug-likeness (QED) is 0.806. The molecule has 0 aliphatic carbocycles. The summed E-state index contributed by atoms with van der Waals surface area (Å²) >= 11 is 0. The Labute approximate surface area is 140 Å². The molecule has 2 heterocycles. The fourth-order valence-corrected chi connectivity index (χ4v) is 3.76. The van der Waals surface area contributed by atoms with E-state index in [1.165, 1.54) is 11.3 Å². The number of benzene rings is 1. The zero-order chi connectivity index (χ0) is 16.1. The second-order valence-corrected chi connectivity index (χ2v) is 6.65. The highest BCUT2D eigenvalue weighted by molar-refractivity contribution is 5.77. The summed E-state index contributed by atoms with van der Waals surface area (Å²) in [5.41, 5.74) is 2.87. The van der Waals surface area contributed by atoms with Gasteiger partial charge in [-0.15, -0.1) is 0 Å². The highest BCUT2D eigenvalue weighted by Crippen LogP contribution is 2.22. The standard InChI is InChI=1S/C19H29N3O/c1-2-17-7-3-4-8-18(17)21-15-13-20(14-16-21)10-6-12-22-11-5-9-19(22)23/h3-4,7-8H,2,5-6,9-16H2,1H3. The van der Waals surface area contributed by atoms with Crippen LogP contribution in [0.3, 0.4) is 0 Å².